The van der Waals surface area contributed by atoms with E-state index < -0.39 is 14.9 Å². The Morgan fingerprint density at radius 2 is 2.10 bits per heavy atom. The molecular formula is C12H18ClN3O4S. The second-order valence-electron chi connectivity index (χ2n) is 4.83. The van der Waals surface area contributed by atoms with Gasteiger partial charge in [0.05, 0.1) is 9.82 Å². The number of likely N-dealkylation sites (N-methyl/N-ethyl adjacent to an activating group) is 1. The van der Waals surface area contributed by atoms with Crippen molar-refractivity contribution in [3.05, 3.63) is 33.9 Å². The van der Waals surface area contributed by atoms with Gasteiger partial charge in [-0.2, -0.15) is 4.31 Å². The van der Waals surface area contributed by atoms with Crippen molar-refractivity contribution in [3.8, 4) is 0 Å². The van der Waals surface area contributed by atoms with Crippen LogP contribution in [-0.4, -0.2) is 43.8 Å². The molecule has 0 spiro atoms. The third kappa shape index (κ3) is 3.34. The number of rotatable bonds is 4. The summed E-state index contributed by atoms with van der Waals surface area (Å²) >= 11 is 0. The van der Waals surface area contributed by atoms with Gasteiger partial charge in [0.25, 0.3) is 5.69 Å². The molecule has 1 aliphatic heterocycles. The molecule has 1 aliphatic rings. The maximum absolute atomic E-state index is 12.6. The van der Waals surface area contributed by atoms with E-state index in [2.05, 4.69) is 5.32 Å². The van der Waals surface area contributed by atoms with Crippen LogP contribution in [0.3, 0.4) is 0 Å². The molecule has 7 nitrogen and oxygen atoms in total. The van der Waals surface area contributed by atoms with Gasteiger partial charge in [-0.1, -0.05) is 6.07 Å². The average molecular weight is 336 g/mol. The molecule has 118 valence electrons. The summed E-state index contributed by atoms with van der Waals surface area (Å²) in [5, 5.41) is 14.0. The van der Waals surface area contributed by atoms with Crippen molar-refractivity contribution in [2.24, 2.45) is 0 Å². The molecule has 0 radical (unpaired) electrons. The number of nitro groups is 1. The Hall–Kier alpha value is -1.22. The number of halogens is 1. The van der Waals surface area contributed by atoms with Gasteiger partial charge in [-0.05, 0) is 26.0 Å². The lowest BCUT2D eigenvalue weighted by molar-refractivity contribution is -0.385. The van der Waals surface area contributed by atoms with Gasteiger partial charge in [0.15, 0.2) is 0 Å². The van der Waals surface area contributed by atoms with Gasteiger partial charge in [-0.15, -0.1) is 12.4 Å². The molecule has 21 heavy (non-hydrogen) atoms. The first-order chi connectivity index (χ1) is 9.35. The molecule has 1 heterocycles. The number of sulfonamides is 1. The minimum atomic E-state index is -3.72. The van der Waals surface area contributed by atoms with Crippen LogP contribution < -0.4 is 5.32 Å². The van der Waals surface area contributed by atoms with E-state index in [1.807, 2.05) is 0 Å². The van der Waals surface area contributed by atoms with Gasteiger partial charge in [-0.25, -0.2) is 8.42 Å². The predicted octanol–water partition coefficient (Wildman–Crippen LogP) is 1.31. The van der Waals surface area contributed by atoms with Crippen LogP contribution in [0.5, 0.6) is 0 Å². The Kier molecular flexibility index (Phi) is 5.68. The van der Waals surface area contributed by atoms with Crippen LogP contribution in [0.1, 0.15) is 12.0 Å². The smallest absolute Gasteiger partial charge is 0.273 e. The van der Waals surface area contributed by atoms with Crippen LogP contribution in [-0.2, 0) is 10.0 Å². The first-order valence-corrected chi connectivity index (χ1v) is 7.72. The van der Waals surface area contributed by atoms with Crippen LogP contribution >= 0.6 is 12.4 Å². The van der Waals surface area contributed by atoms with E-state index in [0.717, 1.165) is 13.0 Å². The second kappa shape index (κ2) is 6.69. The van der Waals surface area contributed by atoms with Gasteiger partial charge in [0.1, 0.15) is 0 Å². The lowest BCUT2D eigenvalue weighted by Gasteiger charge is -2.23. The molecular weight excluding hydrogens is 318 g/mol. The van der Waals surface area contributed by atoms with Gasteiger partial charge >= 0.3 is 0 Å². The quantitative estimate of drug-likeness (QED) is 0.661. The molecule has 0 aliphatic carbocycles. The van der Waals surface area contributed by atoms with Gasteiger partial charge in [-0.3, -0.25) is 10.1 Å². The largest absolute Gasteiger partial charge is 0.315 e. The SMILES string of the molecule is Cc1c([N+](=O)[O-])cccc1S(=O)(=O)N(C)C1CCNC1.Cl. The molecule has 0 aromatic heterocycles. The third-order valence-electron chi connectivity index (χ3n) is 3.66. The molecule has 0 amide bonds. The first kappa shape index (κ1) is 17.8. The zero-order chi connectivity index (χ0) is 14.9. The molecule has 1 atom stereocenters. The molecule has 0 saturated carbocycles. The van der Waals surface area contributed by atoms with E-state index >= 15 is 0 Å². The topological polar surface area (TPSA) is 92.5 Å². The van der Waals surface area contributed by atoms with Crippen LogP contribution in [0.2, 0.25) is 0 Å². The van der Waals surface area contributed by atoms with Crippen molar-refractivity contribution < 1.29 is 13.3 Å². The summed E-state index contributed by atoms with van der Waals surface area (Å²) in [5.41, 5.74) is -0.000622. The van der Waals surface area contributed by atoms with Crippen LogP contribution in [0, 0.1) is 17.0 Å². The number of nitrogens with one attached hydrogen (secondary N) is 1. The number of benzene rings is 1. The van der Waals surface area contributed by atoms with Crippen molar-refractivity contribution >= 4 is 28.1 Å². The molecule has 0 bridgehead atoms. The van der Waals surface area contributed by atoms with E-state index in [-0.39, 0.29) is 34.6 Å². The van der Waals surface area contributed by atoms with Crippen molar-refractivity contribution in [1.82, 2.24) is 9.62 Å². The minimum absolute atomic E-state index is 0. The standard InChI is InChI=1S/C12H17N3O4S.ClH/c1-9-11(15(16)17)4-3-5-12(9)20(18,19)14(2)10-6-7-13-8-10;/h3-5,10,13H,6-8H2,1-2H3;1H. The highest BCUT2D eigenvalue weighted by molar-refractivity contribution is 7.89. The fourth-order valence-corrected chi connectivity index (χ4v) is 4.01. The highest BCUT2D eigenvalue weighted by atomic mass is 35.5. The van der Waals surface area contributed by atoms with E-state index in [1.54, 1.807) is 0 Å². The predicted molar refractivity (Wildman–Crippen MR) is 81.3 cm³/mol. The normalized spacial score (nSPS) is 18.5. The average Bonchev–Trinajstić information content (AvgIpc) is 2.91. The lowest BCUT2D eigenvalue weighted by atomic mass is 10.2. The Morgan fingerprint density at radius 3 is 2.62 bits per heavy atom. The van der Waals surface area contributed by atoms with E-state index in [1.165, 1.54) is 36.5 Å². The maximum atomic E-state index is 12.6. The Bertz CT molecular complexity index is 629. The highest BCUT2D eigenvalue weighted by Crippen LogP contribution is 2.28. The van der Waals surface area contributed by atoms with Crippen LogP contribution in [0.25, 0.3) is 0 Å². The molecule has 1 unspecified atom stereocenters. The van der Waals surface area contributed by atoms with Crippen LogP contribution in [0.4, 0.5) is 5.69 Å². The second-order valence-corrected chi connectivity index (χ2v) is 6.79. The van der Waals surface area contributed by atoms with Crippen molar-refractivity contribution in [3.63, 3.8) is 0 Å². The summed E-state index contributed by atoms with van der Waals surface area (Å²) < 4.78 is 26.5. The summed E-state index contributed by atoms with van der Waals surface area (Å²) in [4.78, 5) is 10.4. The number of hydrogen-bond acceptors (Lipinski definition) is 5. The number of nitro benzene ring substituents is 1. The summed E-state index contributed by atoms with van der Waals surface area (Å²) in [6.07, 6.45) is 0.740. The molecule has 9 heteroatoms. The van der Waals surface area contributed by atoms with Crippen molar-refractivity contribution in [1.29, 1.82) is 0 Å². The Labute approximate surface area is 129 Å². The lowest BCUT2D eigenvalue weighted by Crippen LogP contribution is -2.38. The van der Waals surface area contributed by atoms with Gasteiger partial charge < -0.3 is 5.32 Å². The van der Waals surface area contributed by atoms with Crippen molar-refractivity contribution in [2.75, 3.05) is 20.1 Å². The van der Waals surface area contributed by atoms with Crippen molar-refractivity contribution in [2.45, 2.75) is 24.3 Å². The molecule has 2 rings (SSSR count). The van der Waals surface area contributed by atoms with Gasteiger partial charge in [0.2, 0.25) is 10.0 Å². The van der Waals surface area contributed by atoms with E-state index in [0.29, 0.717) is 6.54 Å². The molecule has 1 N–H and O–H groups in total. The zero-order valence-electron chi connectivity index (χ0n) is 11.8. The number of nitrogens with zero attached hydrogens (tertiary/aromatic N) is 2. The number of hydrogen-bond donors (Lipinski definition) is 1. The van der Waals surface area contributed by atoms with E-state index in [9.17, 15) is 18.5 Å². The monoisotopic (exact) mass is 335 g/mol. The van der Waals surface area contributed by atoms with Gasteiger partial charge in [0, 0.05) is 31.3 Å². The fourth-order valence-electron chi connectivity index (χ4n) is 2.38. The molecule has 1 aromatic carbocycles. The molecule has 1 fully saturated rings. The first-order valence-electron chi connectivity index (χ1n) is 6.28. The minimum Gasteiger partial charge on any atom is -0.315 e. The maximum Gasteiger partial charge on any atom is 0.273 e. The Morgan fingerprint density at radius 1 is 1.43 bits per heavy atom. The summed E-state index contributed by atoms with van der Waals surface area (Å²) in [7, 11) is -2.20. The summed E-state index contributed by atoms with van der Waals surface area (Å²) in [6, 6.07) is 4.01. The van der Waals surface area contributed by atoms with E-state index in [4.69, 9.17) is 0 Å². The Balaban J connectivity index is 0.00000220. The molecule has 1 saturated heterocycles. The summed E-state index contributed by atoms with van der Waals surface area (Å²) in [6.45, 7) is 2.84. The highest BCUT2D eigenvalue weighted by Gasteiger charge is 2.32. The summed E-state index contributed by atoms with van der Waals surface area (Å²) in [5.74, 6) is 0. The fraction of sp³-hybridized carbons (Fsp3) is 0.500. The van der Waals surface area contributed by atoms with Crippen LogP contribution in [0.15, 0.2) is 23.1 Å². The zero-order valence-corrected chi connectivity index (χ0v) is 13.4. The third-order valence-corrected chi connectivity index (χ3v) is 5.71. The molecule has 1 aromatic rings.